The summed E-state index contributed by atoms with van der Waals surface area (Å²) in [5.74, 6) is 1.25. The summed E-state index contributed by atoms with van der Waals surface area (Å²) in [6.07, 6.45) is 7.54. The highest BCUT2D eigenvalue weighted by Gasteiger charge is 2.48. The molecule has 2 aromatic rings. The minimum absolute atomic E-state index is 0.00286. The van der Waals surface area contributed by atoms with Crippen molar-refractivity contribution in [2.24, 2.45) is 17.8 Å². The Labute approximate surface area is 157 Å². The predicted molar refractivity (Wildman–Crippen MR) is 99.6 cm³/mol. The monoisotopic (exact) mass is 368 g/mol. The number of amides is 2. The molecule has 4 rings (SSSR count). The van der Waals surface area contributed by atoms with Crippen molar-refractivity contribution in [1.29, 1.82) is 0 Å². The molecule has 2 fully saturated rings. The van der Waals surface area contributed by atoms with Gasteiger partial charge in [-0.3, -0.25) is 9.59 Å². The van der Waals surface area contributed by atoms with Crippen LogP contribution in [0.25, 0.3) is 0 Å². The van der Waals surface area contributed by atoms with Crippen LogP contribution < -0.4 is 11.1 Å². The number of hydrogen-bond acceptors (Lipinski definition) is 5. The number of carbonyl (C=O) groups excluding carboxylic acids is 2. The van der Waals surface area contributed by atoms with Gasteiger partial charge in [0, 0.05) is 50.1 Å². The first-order valence-corrected chi connectivity index (χ1v) is 9.37. The molecule has 8 heteroatoms. The van der Waals surface area contributed by atoms with Crippen LogP contribution in [0.15, 0.2) is 30.9 Å². The third-order valence-corrected chi connectivity index (χ3v) is 5.79. The lowest BCUT2D eigenvalue weighted by Crippen LogP contribution is -2.56. The molecule has 142 valence electrons. The molecule has 1 aliphatic heterocycles. The summed E-state index contributed by atoms with van der Waals surface area (Å²) < 4.78 is 0. The van der Waals surface area contributed by atoms with Gasteiger partial charge in [0.25, 0.3) is 5.91 Å². The molecule has 2 amide bonds. The Morgan fingerprint density at radius 2 is 2.22 bits per heavy atom. The first-order valence-electron chi connectivity index (χ1n) is 9.37. The van der Waals surface area contributed by atoms with Gasteiger partial charge in [-0.2, -0.15) is 0 Å². The van der Waals surface area contributed by atoms with E-state index in [4.69, 9.17) is 5.73 Å². The van der Waals surface area contributed by atoms with Gasteiger partial charge in [0.05, 0.1) is 11.9 Å². The highest BCUT2D eigenvalue weighted by atomic mass is 16.2. The van der Waals surface area contributed by atoms with E-state index in [9.17, 15) is 9.59 Å². The van der Waals surface area contributed by atoms with Crippen LogP contribution in [-0.4, -0.2) is 51.3 Å². The summed E-state index contributed by atoms with van der Waals surface area (Å²) >= 11 is 0. The average molecular weight is 368 g/mol. The zero-order chi connectivity index (χ0) is 18.8. The number of fused-ring (bicyclic) bond motifs is 1. The SMILES string of the molecule is Nc1ccc(C(=O)N2CC[C@@H]3C[C@@H](C(=O)NCCc4cnc[nH]4)[C@@H]3C2)cn1. The normalized spacial score (nSPS) is 24.0. The van der Waals surface area contributed by atoms with Crippen molar-refractivity contribution in [3.8, 4) is 0 Å². The number of rotatable bonds is 5. The number of aromatic nitrogens is 3. The average Bonchev–Trinajstić information content (AvgIpc) is 3.16. The summed E-state index contributed by atoms with van der Waals surface area (Å²) in [6.45, 7) is 1.96. The summed E-state index contributed by atoms with van der Waals surface area (Å²) in [5.41, 5.74) is 7.14. The first-order chi connectivity index (χ1) is 13.1. The van der Waals surface area contributed by atoms with E-state index >= 15 is 0 Å². The van der Waals surface area contributed by atoms with Gasteiger partial charge in [0.2, 0.25) is 5.91 Å². The molecule has 3 atom stereocenters. The van der Waals surface area contributed by atoms with Crippen LogP contribution in [0.2, 0.25) is 0 Å². The topological polar surface area (TPSA) is 117 Å². The quantitative estimate of drug-likeness (QED) is 0.723. The number of nitrogen functional groups attached to an aromatic ring is 1. The van der Waals surface area contributed by atoms with Crippen molar-refractivity contribution in [1.82, 2.24) is 25.2 Å². The number of H-pyrrole nitrogens is 1. The lowest BCUT2D eigenvalue weighted by atomic mass is 9.61. The summed E-state index contributed by atoms with van der Waals surface area (Å²) in [7, 11) is 0. The number of anilines is 1. The van der Waals surface area contributed by atoms with Crippen molar-refractivity contribution in [2.45, 2.75) is 19.3 Å². The van der Waals surface area contributed by atoms with Crippen LogP contribution in [0.4, 0.5) is 5.82 Å². The van der Waals surface area contributed by atoms with E-state index in [1.807, 2.05) is 4.90 Å². The Morgan fingerprint density at radius 3 is 2.96 bits per heavy atom. The molecule has 0 aromatic carbocycles. The fourth-order valence-electron chi connectivity index (χ4n) is 4.16. The summed E-state index contributed by atoms with van der Waals surface area (Å²) in [4.78, 5) is 38.1. The van der Waals surface area contributed by atoms with Crippen molar-refractivity contribution < 1.29 is 9.59 Å². The highest BCUT2D eigenvalue weighted by molar-refractivity contribution is 5.94. The number of carbonyl (C=O) groups is 2. The van der Waals surface area contributed by atoms with Gasteiger partial charge in [-0.05, 0) is 36.8 Å². The predicted octanol–water partition coefficient (Wildman–Crippen LogP) is 0.844. The fraction of sp³-hybridized carbons (Fsp3) is 0.474. The number of likely N-dealkylation sites (tertiary alicyclic amines) is 1. The van der Waals surface area contributed by atoms with Gasteiger partial charge in [-0.25, -0.2) is 9.97 Å². The van der Waals surface area contributed by atoms with Gasteiger partial charge in [0.15, 0.2) is 0 Å². The van der Waals surface area contributed by atoms with Crippen molar-refractivity contribution in [3.05, 3.63) is 42.1 Å². The number of nitrogens with one attached hydrogen (secondary N) is 2. The van der Waals surface area contributed by atoms with Gasteiger partial charge >= 0.3 is 0 Å². The third-order valence-electron chi connectivity index (χ3n) is 5.79. The molecule has 1 aliphatic carbocycles. The number of pyridine rings is 1. The second-order valence-electron chi connectivity index (χ2n) is 7.40. The van der Waals surface area contributed by atoms with Crippen molar-refractivity contribution >= 4 is 17.6 Å². The van der Waals surface area contributed by atoms with Crippen LogP contribution in [0.1, 0.15) is 28.9 Å². The molecule has 3 heterocycles. The Kier molecular flexibility index (Phi) is 4.79. The van der Waals surface area contributed by atoms with E-state index in [2.05, 4.69) is 20.3 Å². The third kappa shape index (κ3) is 3.65. The second kappa shape index (κ2) is 7.38. The van der Waals surface area contributed by atoms with E-state index in [1.165, 1.54) is 6.20 Å². The second-order valence-corrected chi connectivity index (χ2v) is 7.40. The maximum atomic E-state index is 12.7. The van der Waals surface area contributed by atoms with E-state index < -0.39 is 0 Å². The molecule has 0 unspecified atom stereocenters. The molecule has 0 bridgehead atoms. The number of nitrogens with two attached hydrogens (primary N) is 1. The number of piperidine rings is 1. The largest absolute Gasteiger partial charge is 0.384 e. The van der Waals surface area contributed by atoms with Crippen LogP contribution >= 0.6 is 0 Å². The van der Waals surface area contributed by atoms with Crippen LogP contribution in [0.5, 0.6) is 0 Å². The molecule has 1 saturated carbocycles. The maximum absolute atomic E-state index is 12.7. The van der Waals surface area contributed by atoms with E-state index in [0.29, 0.717) is 30.4 Å². The lowest BCUT2D eigenvalue weighted by Gasteiger charge is -2.50. The van der Waals surface area contributed by atoms with Crippen LogP contribution in [0.3, 0.4) is 0 Å². The van der Waals surface area contributed by atoms with Gasteiger partial charge < -0.3 is 20.9 Å². The molecule has 2 aliphatic rings. The van der Waals surface area contributed by atoms with Crippen LogP contribution in [-0.2, 0) is 11.2 Å². The number of nitrogens with zero attached hydrogens (tertiary/aromatic N) is 3. The van der Waals surface area contributed by atoms with E-state index in [-0.39, 0.29) is 23.7 Å². The molecule has 8 nitrogen and oxygen atoms in total. The smallest absolute Gasteiger partial charge is 0.255 e. The molecule has 1 saturated heterocycles. The zero-order valence-electron chi connectivity index (χ0n) is 15.1. The van der Waals surface area contributed by atoms with E-state index in [0.717, 1.165) is 31.5 Å². The standard InChI is InChI=1S/C19H24N6O2/c20-17-2-1-13(8-23-17)19(27)25-6-4-12-7-15(16(12)10-25)18(26)22-5-3-14-9-21-11-24-14/h1-2,8-9,11-12,15-16H,3-7,10H2,(H2,20,23)(H,21,24)(H,22,26)/t12-,15-,16-/m1/s1. The summed E-state index contributed by atoms with van der Waals surface area (Å²) in [5, 5.41) is 3.02. The minimum atomic E-state index is -0.0359. The number of aromatic amines is 1. The Hall–Kier alpha value is -2.90. The Bertz CT molecular complexity index is 804. The van der Waals surface area contributed by atoms with Crippen LogP contribution in [0, 0.1) is 17.8 Å². The molecule has 2 aromatic heterocycles. The molecule has 27 heavy (non-hydrogen) atoms. The minimum Gasteiger partial charge on any atom is -0.384 e. The van der Waals surface area contributed by atoms with Crippen molar-refractivity contribution in [3.63, 3.8) is 0 Å². The Balaban J connectivity index is 1.31. The highest BCUT2D eigenvalue weighted by Crippen LogP contribution is 2.45. The van der Waals surface area contributed by atoms with Gasteiger partial charge in [-0.1, -0.05) is 0 Å². The molecule has 4 N–H and O–H groups in total. The Morgan fingerprint density at radius 1 is 1.33 bits per heavy atom. The lowest BCUT2D eigenvalue weighted by molar-refractivity contribution is -0.136. The zero-order valence-corrected chi connectivity index (χ0v) is 15.1. The van der Waals surface area contributed by atoms with Gasteiger partial charge in [0.1, 0.15) is 5.82 Å². The molecule has 0 radical (unpaired) electrons. The number of hydrogen-bond donors (Lipinski definition) is 3. The molecular formula is C19H24N6O2. The van der Waals surface area contributed by atoms with Gasteiger partial charge in [-0.15, -0.1) is 0 Å². The van der Waals surface area contributed by atoms with Crippen molar-refractivity contribution in [2.75, 3.05) is 25.4 Å². The summed E-state index contributed by atoms with van der Waals surface area (Å²) in [6, 6.07) is 3.34. The molecule has 0 spiro atoms. The fourth-order valence-corrected chi connectivity index (χ4v) is 4.16. The maximum Gasteiger partial charge on any atom is 0.255 e. The van der Waals surface area contributed by atoms with E-state index in [1.54, 1.807) is 24.7 Å². The number of imidazole rings is 1. The first kappa shape index (κ1) is 17.5. The molecular weight excluding hydrogens is 344 g/mol.